The molecule has 2 aliphatic rings. The summed E-state index contributed by atoms with van der Waals surface area (Å²) >= 11 is 0. The number of nitrogens with zero attached hydrogens (tertiary/aromatic N) is 3. The maximum absolute atomic E-state index is 13.5. The molecular formula is C27H34N4O3. The lowest BCUT2D eigenvalue weighted by Crippen LogP contribution is -2.57. The molecule has 2 atom stereocenters. The molecule has 2 aliphatic heterocycles. The molecule has 0 spiro atoms. The second-order valence-electron chi connectivity index (χ2n) is 9.53. The monoisotopic (exact) mass is 462 g/mol. The maximum Gasteiger partial charge on any atom is 0.253 e. The van der Waals surface area contributed by atoms with Gasteiger partial charge in [0.25, 0.3) is 5.91 Å². The van der Waals surface area contributed by atoms with Crippen molar-refractivity contribution >= 4 is 29.1 Å². The summed E-state index contributed by atoms with van der Waals surface area (Å²) in [6.07, 6.45) is 4.50. The molecule has 0 saturated carbocycles. The number of rotatable bonds is 7. The van der Waals surface area contributed by atoms with E-state index in [0.717, 1.165) is 44.3 Å². The smallest absolute Gasteiger partial charge is 0.253 e. The van der Waals surface area contributed by atoms with Crippen LogP contribution in [-0.2, 0) is 16.0 Å². The standard InChI is InChI=1S/C27H34N4O3/c1-19(12-13-20-9-5-4-6-10-20)28-25(32)18-31-24-17-21(26(33)29(2)3)14-15-22(24)30-16-8-7-11-23(30)27(31)34/h4-6,9-10,14-15,17,19,23H,7-8,11-13,16,18H2,1-3H3,(H,28,32)/t19-,23-/m0/s1. The molecule has 34 heavy (non-hydrogen) atoms. The molecule has 2 aromatic rings. The SMILES string of the molecule is C[C@@H](CCc1ccccc1)NC(=O)CN1C(=O)[C@@H]2CCCCN2c2ccc(C(=O)N(C)C)cc21. The zero-order valence-corrected chi connectivity index (χ0v) is 20.3. The van der Waals surface area contributed by atoms with Crippen LogP contribution in [0.3, 0.4) is 0 Å². The second kappa shape index (κ2) is 10.3. The molecule has 7 nitrogen and oxygen atoms in total. The Morgan fingerprint density at radius 3 is 2.59 bits per heavy atom. The molecule has 0 aliphatic carbocycles. The Morgan fingerprint density at radius 1 is 1.09 bits per heavy atom. The van der Waals surface area contributed by atoms with Gasteiger partial charge >= 0.3 is 0 Å². The summed E-state index contributed by atoms with van der Waals surface area (Å²) in [5.74, 6) is -0.378. The Morgan fingerprint density at radius 2 is 1.85 bits per heavy atom. The van der Waals surface area contributed by atoms with E-state index < -0.39 is 0 Å². The quantitative estimate of drug-likeness (QED) is 0.686. The van der Waals surface area contributed by atoms with Gasteiger partial charge in [-0.15, -0.1) is 0 Å². The summed E-state index contributed by atoms with van der Waals surface area (Å²) in [5.41, 5.74) is 3.31. The van der Waals surface area contributed by atoms with E-state index in [1.165, 1.54) is 10.5 Å². The lowest BCUT2D eigenvalue weighted by atomic mass is 9.95. The lowest BCUT2D eigenvalue weighted by Gasteiger charge is -2.45. The number of anilines is 2. The first-order valence-electron chi connectivity index (χ1n) is 12.1. The molecule has 180 valence electrons. The van der Waals surface area contributed by atoms with Gasteiger partial charge in [-0.3, -0.25) is 19.3 Å². The Kier molecular flexibility index (Phi) is 7.20. The van der Waals surface area contributed by atoms with Crippen molar-refractivity contribution < 1.29 is 14.4 Å². The van der Waals surface area contributed by atoms with Crippen molar-refractivity contribution in [1.29, 1.82) is 0 Å². The van der Waals surface area contributed by atoms with Gasteiger partial charge in [-0.2, -0.15) is 0 Å². The van der Waals surface area contributed by atoms with E-state index in [0.29, 0.717) is 11.3 Å². The molecular weight excluding hydrogens is 428 g/mol. The van der Waals surface area contributed by atoms with E-state index in [-0.39, 0.29) is 36.3 Å². The fraction of sp³-hybridized carbons (Fsp3) is 0.444. The van der Waals surface area contributed by atoms with Crippen molar-refractivity contribution in [2.75, 3.05) is 37.0 Å². The molecule has 1 N–H and O–H groups in total. The number of carbonyl (C=O) groups is 3. The van der Waals surface area contributed by atoms with Crippen LogP contribution in [0.15, 0.2) is 48.5 Å². The first kappa shape index (κ1) is 23.8. The van der Waals surface area contributed by atoms with Crippen LogP contribution in [0, 0.1) is 0 Å². The van der Waals surface area contributed by atoms with Crippen LogP contribution in [0.2, 0.25) is 0 Å². The van der Waals surface area contributed by atoms with Gasteiger partial charge in [-0.1, -0.05) is 30.3 Å². The van der Waals surface area contributed by atoms with E-state index in [4.69, 9.17) is 0 Å². The van der Waals surface area contributed by atoms with Gasteiger partial charge in [0.2, 0.25) is 11.8 Å². The van der Waals surface area contributed by atoms with Gasteiger partial charge in [0.1, 0.15) is 12.6 Å². The maximum atomic E-state index is 13.5. The third-order valence-electron chi connectivity index (χ3n) is 6.70. The minimum atomic E-state index is -0.250. The van der Waals surface area contributed by atoms with Crippen LogP contribution in [0.1, 0.15) is 48.5 Å². The fourth-order valence-corrected chi connectivity index (χ4v) is 4.88. The molecule has 3 amide bonds. The first-order valence-corrected chi connectivity index (χ1v) is 12.1. The second-order valence-corrected chi connectivity index (χ2v) is 9.53. The molecule has 0 aromatic heterocycles. The fourth-order valence-electron chi connectivity index (χ4n) is 4.88. The third kappa shape index (κ3) is 5.08. The number of hydrogen-bond acceptors (Lipinski definition) is 4. The average Bonchev–Trinajstić information content (AvgIpc) is 2.85. The van der Waals surface area contributed by atoms with Crippen molar-refractivity contribution in [3.63, 3.8) is 0 Å². The molecule has 7 heteroatoms. The van der Waals surface area contributed by atoms with Crippen LogP contribution in [0.4, 0.5) is 11.4 Å². The third-order valence-corrected chi connectivity index (χ3v) is 6.70. The van der Waals surface area contributed by atoms with E-state index in [9.17, 15) is 14.4 Å². The van der Waals surface area contributed by atoms with E-state index in [2.05, 4.69) is 22.3 Å². The number of aryl methyl sites for hydroxylation is 1. The minimum absolute atomic E-state index is 0.0140. The average molecular weight is 463 g/mol. The highest BCUT2D eigenvalue weighted by atomic mass is 16.2. The Bertz CT molecular complexity index is 1050. The largest absolute Gasteiger partial charge is 0.358 e. The molecule has 4 rings (SSSR count). The van der Waals surface area contributed by atoms with Crippen molar-refractivity contribution in [3.05, 3.63) is 59.7 Å². The predicted molar refractivity (Wildman–Crippen MR) is 134 cm³/mol. The summed E-state index contributed by atoms with van der Waals surface area (Å²) in [5, 5.41) is 3.05. The number of nitrogens with one attached hydrogen (secondary N) is 1. The molecule has 2 aromatic carbocycles. The van der Waals surface area contributed by atoms with Crippen LogP contribution < -0.4 is 15.1 Å². The summed E-state index contributed by atoms with van der Waals surface area (Å²) in [7, 11) is 3.41. The van der Waals surface area contributed by atoms with Gasteiger partial charge in [0.15, 0.2) is 0 Å². The van der Waals surface area contributed by atoms with Gasteiger partial charge in [0, 0.05) is 32.2 Å². The first-order chi connectivity index (χ1) is 16.3. The Balaban J connectivity index is 1.51. The minimum Gasteiger partial charge on any atom is -0.358 e. The van der Waals surface area contributed by atoms with Crippen molar-refractivity contribution in [1.82, 2.24) is 10.2 Å². The highest BCUT2D eigenvalue weighted by Gasteiger charge is 2.40. The van der Waals surface area contributed by atoms with Crippen LogP contribution in [0.5, 0.6) is 0 Å². The van der Waals surface area contributed by atoms with Crippen molar-refractivity contribution in [2.45, 2.75) is 51.1 Å². The van der Waals surface area contributed by atoms with Gasteiger partial charge in [-0.25, -0.2) is 0 Å². The molecule has 1 fully saturated rings. The van der Waals surface area contributed by atoms with Gasteiger partial charge < -0.3 is 15.1 Å². The zero-order valence-electron chi connectivity index (χ0n) is 20.3. The molecule has 1 saturated heterocycles. The highest BCUT2D eigenvalue weighted by Crippen LogP contribution is 2.40. The number of fused-ring (bicyclic) bond motifs is 3. The van der Waals surface area contributed by atoms with Crippen LogP contribution in [0.25, 0.3) is 0 Å². The van der Waals surface area contributed by atoms with E-state index in [1.807, 2.05) is 37.3 Å². The molecule has 0 bridgehead atoms. The topological polar surface area (TPSA) is 73.0 Å². The Hall–Kier alpha value is -3.35. The molecule has 0 radical (unpaired) electrons. The van der Waals surface area contributed by atoms with E-state index >= 15 is 0 Å². The van der Waals surface area contributed by atoms with Gasteiger partial charge in [-0.05, 0) is 62.8 Å². The van der Waals surface area contributed by atoms with E-state index in [1.54, 1.807) is 25.1 Å². The zero-order chi connectivity index (χ0) is 24.2. The summed E-state index contributed by atoms with van der Waals surface area (Å²) in [4.78, 5) is 44.3. The summed E-state index contributed by atoms with van der Waals surface area (Å²) < 4.78 is 0. The number of piperidine rings is 1. The normalized spacial score (nSPS) is 18.1. The van der Waals surface area contributed by atoms with Crippen LogP contribution >= 0.6 is 0 Å². The van der Waals surface area contributed by atoms with Crippen LogP contribution in [-0.4, -0.2) is 61.9 Å². The highest BCUT2D eigenvalue weighted by molar-refractivity contribution is 6.09. The number of hydrogen-bond donors (Lipinski definition) is 1. The number of amides is 3. The predicted octanol–water partition coefficient (Wildman–Crippen LogP) is 3.23. The summed E-state index contributed by atoms with van der Waals surface area (Å²) in [6, 6.07) is 15.4. The molecule has 0 unspecified atom stereocenters. The van der Waals surface area contributed by atoms with Gasteiger partial charge in [0.05, 0.1) is 11.4 Å². The lowest BCUT2D eigenvalue weighted by molar-refractivity contribution is -0.125. The summed E-state index contributed by atoms with van der Waals surface area (Å²) in [6.45, 7) is 2.75. The van der Waals surface area contributed by atoms with Crippen molar-refractivity contribution in [2.24, 2.45) is 0 Å². The Labute approximate surface area is 201 Å². The van der Waals surface area contributed by atoms with Crippen molar-refractivity contribution in [3.8, 4) is 0 Å². The number of carbonyl (C=O) groups excluding carboxylic acids is 3. The number of benzene rings is 2. The molecule has 2 heterocycles.